The number of carbonyl (C=O) groups excluding carboxylic acids is 1. The Morgan fingerprint density at radius 3 is 2.07 bits per heavy atom. The van der Waals surface area contributed by atoms with Gasteiger partial charge in [0, 0.05) is 62.5 Å². The summed E-state index contributed by atoms with van der Waals surface area (Å²) < 4.78 is 1.38. The third-order valence-corrected chi connectivity index (χ3v) is 14.1. The van der Waals surface area contributed by atoms with Crippen LogP contribution in [0.4, 0.5) is 0 Å². The van der Waals surface area contributed by atoms with Crippen LogP contribution in [0.5, 0.6) is 0 Å². The first-order valence-corrected chi connectivity index (χ1v) is 21.9. The molecule has 0 atom stereocenters. The van der Waals surface area contributed by atoms with Gasteiger partial charge in [-0.1, -0.05) is 117 Å². The molecule has 0 bridgehead atoms. The second kappa shape index (κ2) is 18.2. The van der Waals surface area contributed by atoms with Gasteiger partial charge < -0.3 is 5.11 Å². The first kappa shape index (κ1) is 45.6. The molecule has 6 aromatic rings. The van der Waals surface area contributed by atoms with Crippen molar-refractivity contribution < 1.29 is 30.0 Å². The van der Waals surface area contributed by atoms with Crippen LogP contribution in [0.2, 0.25) is 0 Å². The topological polar surface area (TPSA) is 50.2 Å². The van der Waals surface area contributed by atoms with Crippen LogP contribution in [-0.4, -0.2) is 15.9 Å². The number of ketones is 1. The molecule has 0 saturated heterocycles. The number of aliphatic hydroxyl groups is 1. The van der Waals surface area contributed by atoms with Crippen molar-refractivity contribution in [3.8, 4) is 22.4 Å². The molecule has 3 aromatic carbocycles. The van der Waals surface area contributed by atoms with Crippen LogP contribution in [0.3, 0.4) is 0 Å². The molecule has 6 rings (SSSR count). The van der Waals surface area contributed by atoms with Crippen molar-refractivity contribution in [3.63, 3.8) is 0 Å². The molecule has 0 saturated carbocycles. The summed E-state index contributed by atoms with van der Waals surface area (Å²) >= 11 is 3.70. The van der Waals surface area contributed by atoms with E-state index in [-0.39, 0.29) is 47.9 Å². The number of nitrogens with zero attached hydrogens (tertiary/aromatic N) is 1. The largest absolute Gasteiger partial charge is 0.512 e. The number of pyridine rings is 1. The van der Waals surface area contributed by atoms with E-state index < -0.39 is 0 Å². The number of fused-ring (bicyclic) bond motifs is 3. The summed E-state index contributed by atoms with van der Waals surface area (Å²) in [5.41, 5.74) is 6.84. The number of aromatic nitrogens is 1. The normalized spacial score (nSPS) is 12.6. The predicted octanol–water partition coefficient (Wildman–Crippen LogP) is 15.6. The minimum Gasteiger partial charge on any atom is -0.512 e. The van der Waals surface area contributed by atoms with E-state index in [1.165, 1.54) is 58.9 Å². The maximum Gasteiger partial charge on any atom is 0.164 e. The van der Waals surface area contributed by atoms with E-state index >= 15 is 0 Å². The number of carbonyl (C=O) groups is 1. The number of aryl methyl sites for hydroxylation is 2. The number of aliphatic hydroxyl groups excluding tert-OH is 1. The van der Waals surface area contributed by atoms with Crippen molar-refractivity contribution in [2.24, 2.45) is 16.7 Å². The number of allylic oxidation sites excluding steroid dienone is 2. The first-order chi connectivity index (χ1) is 25.9. The van der Waals surface area contributed by atoms with Crippen LogP contribution in [0, 0.1) is 36.7 Å². The Balaban J connectivity index is 0.000000330. The van der Waals surface area contributed by atoms with Crippen LogP contribution in [0.25, 0.3) is 53.5 Å². The summed E-state index contributed by atoms with van der Waals surface area (Å²) in [5, 5.41) is 15.2. The average molecular weight is 965 g/mol. The van der Waals surface area contributed by atoms with Gasteiger partial charge in [0.2, 0.25) is 0 Å². The Morgan fingerprint density at radius 2 is 1.46 bits per heavy atom. The second-order valence-corrected chi connectivity index (χ2v) is 19.9. The van der Waals surface area contributed by atoms with Crippen LogP contribution in [-0.2, 0) is 36.7 Å². The monoisotopic (exact) mass is 965 g/mol. The molecule has 3 aromatic heterocycles. The minimum absolute atomic E-state index is 0. The van der Waals surface area contributed by atoms with Gasteiger partial charge in [0.05, 0.1) is 0 Å². The molecular formula is C50H62IrNO2S2-. The molecule has 0 unspecified atom stereocenters. The maximum absolute atomic E-state index is 12.2. The number of hydrogen-bond donors (Lipinski definition) is 1. The standard InChI is InChI=1S/C35H34NS2.C15H28O2.Ir/c1-20(2)14-27-22(4)38-33-13-12-24(17-29(27)33)28-19-32(36-34-30(28)15-21(3)37-34)25-16-23-10-8-9-11-26(23)31(18-25)35(5,6)7;1-7-14(5,8-2)12(16)11-13(17)15(6,9-3)10-4;/h8-13,15,17-20H,14H2,1-7H3;11,16H,7-10H2,1-6H3;/q-1;;/b;12-11-;. The zero-order chi connectivity index (χ0) is 40.5. The van der Waals surface area contributed by atoms with Crippen molar-refractivity contribution in [1.82, 2.24) is 4.98 Å². The smallest absolute Gasteiger partial charge is 0.164 e. The molecule has 3 nitrogen and oxygen atoms in total. The van der Waals surface area contributed by atoms with Gasteiger partial charge >= 0.3 is 0 Å². The van der Waals surface area contributed by atoms with Gasteiger partial charge in [0.15, 0.2) is 5.78 Å². The molecule has 0 fully saturated rings. The van der Waals surface area contributed by atoms with E-state index in [1.807, 2.05) is 52.9 Å². The second-order valence-electron chi connectivity index (χ2n) is 17.4. The van der Waals surface area contributed by atoms with Crippen molar-refractivity contribution in [2.75, 3.05) is 0 Å². The van der Waals surface area contributed by atoms with E-state index in [1.54, 1.807) is 11.3 Å². The fourth-order valence-electron chi connectivity index (χ4n) is 7.28. The maximum atomic E-state index is 12.2. The van der Waals surface area contributed by atoms with Gasteiger partial charge in [-0.3, -0.25) is 9.78 Å². The van der Waals surface area contributed by atoms with Crippen LogP contribution < -0.4 is 0 Å². The molecule has 301 valence electrons. The molecule has 0 spiro atoms. The summed E-state index contributed by atoms with van der Waals surface area (Å²) in [6.45, 7) is 28.0. The van der Waals surface area contributed by atoms with Crippen LogP contribution >= 0.6 is 22.7 Å². The Morgan fingerprint density at radius 1 is 0.821 bits per heavy atom. The fourth-order valence-corrected chi connectivity index (χ4v) is 9.26. The van der Waals surface area contributed by atoms with Gasteiger partial charge in [0.25, 0.3) is 0 Å². The molecule has 1 N–H and O–H groups in total. The van der Waals surface area contributed by atoms with Crippen molar-refractivity contribution in [1.29, 1.82) is 0 Å². The van der Waals surface area contributed by atoms with Gasteiger partial charge in [-0.25, -0.2) is 0 Å². The Kier molecular flexibility index (Phi) is 14.8. The summed E-state index contributed by atoms with van der Waals surface area (Å²) in [5.74, 6) is 0.920. The zero-order valence-corrected chi connectivity index (χ0v) is 39.9. The summed E-state index contributed by atoms with van der Waals surface area (Å²) in [4.78, 5) is 21.2. The minimum atomic E-state index is -0.337. The number of thiophene rings is 2. The Hall–Kier alpha value is -3.15. The Labute approximate surface area is 358 Å². The van der Waals surface area contributed by atoms with E-state index in [0.29, 0.717) is 5.92 Å². The molecule has 0 aliphatic heterocycles. The van der Waals surface area contributed by atoms with Crippen molar-refractivity contribution >= 4 is 59.5 Å². The average Bonchev–Trinajstić information content (AvgIpc) is 3.69. The number of benzene rings is 3. The van der Waals surface area contributed by atoms with E-state index in [9.17, 15) is 9.90 Å². The van der Waals surface area contributed by atoms with E-state index in [0.717, 1.165) is 53.6 Å². The molecule has 3 heterocycles. The van der Waals surface area contributed by atoms with E-state index in [2.05, 4.69) is 115 Å². The molecule has 56 heavy (non-hydrogen) atoms. The predicted molar refractivity (Wildman–Crippen MR) is 242 cm³/mol. The molecule has 0 amide bonds. The van der Waals surface area contributed by atoms with E-state index in [4.69, 9.17) is 4.98 Å². The van der Waals surface area contributed by atoms with Crippen molar-refractivity contribution in [2.45, 2.75) is 128 Å². The SMILES string of the molecule is CCC(C)(CC)C(=O)/C=C(\O)C(C)(CC)CC.Cc1cc2c(-c3ccc4sc(C)c(CC(C)C)c4c3)cc(-c3[c-]c4ccccc4c(C(C)(C)C)c3)nc2s1.[Ir]. The van der Waals surface area contributed by atoms with Crippen molar-refractivity contribution in [3.05, 3.63) is 99.4 Å². The summed E-state index contributed by atoms with van der Waals surface area (Å²) in [6.07, 6.45) is 5.87. The third-order valence-electron chi connectivity index (χ3n) is 12.0. The summed E-state index contributed by atoms with van der Waals surface area (Å²) in [6, 6.07) is 26.3. The van der Waals surface area contributed by atoms with Gasteiger partial charge in [-0.15, -0.1) is 51.8 Å². The van der Waals surface area contributed by atoms with Gasteiger partial charge in [-0.2, -0.15) is 0 Å². The zero-order valence-electron chi connectivity index (χ0n) is 35.9. The molecule has 1 radical (unpaired) electrons. The number of rotatable bonds is 11. The summed E-state index contributed by atoms with van der Waals surface area (Å²) in [7, 11) is 0. The van der Waals surface area contributed by atoms with Crippen LogP contribution in [0.15, 0.2) is 72.5 Å². The first-order valence-electron chi connectivity index (χ1n) is 20.2. The number of hydrogen-bond acceptors (Lipinski definition) is 5. The molecule has 0 aliphatic rings. The molecule has 0 aliphatic carbocycles. The van der Waals surface area contributed by atoms with Gasteiger partial charge in [-0.05, 0) is 97.6 Å². The third kappa shape index (κ3) is 9.58. The Bertz CT molecular complexity index is 2340. The molecule has 6 heteroatoms. The fraction of sp³-hybridized carbons (Fsp3) is 0.440. The quantitative estimate of drug-likeness (QED) is 0.0800. The van der Waals surface area contributed by atoms with Crippen LogP contribution in [0.1, 0.15) is 123 Å². The molecular weight excluding hydrogens is 903 g/mol. The van der Waals surface area contributed by atoms with Gasteiger partial charge in [0.1, 0.15) is 10.6 Å².